The fourth-order valence-corrected chi connectivity index (χ4v) is 2.56. The number of rotatable bonds is 4. The van der Waals surface area contributed by atoms with E-state index in [0.717, 1.165) is 12.1 Å². The fourth-order valence-electron chi connectivity index (χ4n) is 2.56. The predicted molar refractivity (Wildman–Crippen MR) is 97.5 cm³/mol. The molecule has 0 aliphatic carbocycles. The molecule has 0 heterocycles. The number of amides is 1. The van der Waals surface area contributed by atoms with E-state index < -0.39 is 23.5 Å². The quantitative estimate of drug-likeness (QED) is 0.532. The van der Waals surface area contributed by atoms with Crippen LogP contribution in [0.4, 0.5) is 14.5 Å². The lowest BCUT2D eigenvalue weighted by atomic mass is 10.0. The van der Waals surface area contributed by atoms with Gasteiger partial charge >= 0.3 is 5.97 Å². The average molecular weight is 367 g/mol. The molecule has 0 fully saturated rings. The number of halogens is 2. The Labute approximate surface area is 154 Å². The van der Waals surface area contributed by atoms with E-state index in [2.05, 4.69) is 5.32 Å². The maximum Gasteiger partial charge on any atom is 0.308 e. The molecule has 1 N–H and O–H groups in total. The highest BCUT2D eigenvalue weighted by atomic mass is 19.1. The van der Waals surface area contributed by atoms with Gasteiger partial charge in [0.2, 0.25) is 0 Å². The minimum Gasteiger partial charge on any atom is -0.426 e. The molecule has 0 aromatic heterocycles. The van der Waals surface area contributed by atoms with Crippen molar-refractivity contribution in [3.8, 4) is 16.9 Å². The van der Waals surface area contributed by atoms with Crippen LogP contribution in [0.2, 0.25) is 0 Å². The molecular formula is C21H15F2NO3. The van der Waals surface area contributed by atoms with Gasteiger partial charge in [0.15, 0.2) is 0 Å². The van der Waals surface area contributed by atoms with Gasteiger partial charge < -0.3 is 10.1 Å². The summed E-state index contributed by atoms with van der Waals surface area (Å²) < 4.78 is 32.4. The fraction of sp³-hybridized carbons (Fsp3) is 0.0476. The molecule has 3 rings (SSSR count). The molecule has 0 aliphatic heterocycles. The lowest BCUT2D eigenvalue weighted by molar-refractivity contribution is -0.131. The van der Waals surface area contributed by atoms with E-state index in [1.807, 2.05) is 0 Å². The molecule has 0 saturated carbocycles. The van der Waals surface area contributed by atoms with E-state index in [-0.39, 0.29) is 16.9 Å². The van der Waals surface area contributed by atoms with Crippen LogP contribution in [0, 0.1) is 11.6 Å². The van der Waals surface area contributed by atoms with E-state index in [1.165, 1.54) is 31.2 Å². The summed E-state index contributed by atoms with van der Waals surface area (Å²) in [5.41, 5.74) is 1.08. The van der Waals surface area contributed by atoms with E-state index in [9.17, 15) is 18.4 Å². The van der Waals surface area contributed by atoms with Crippen LogP contribution in [0.15, 0.2) is 66.7 Å². The minimum atomic E-state index is -0.760. The van der Waals surface area contributed by atoms with Crippen molar-refractivity contribution in [1.82, 2.24) is 0 Å². The van der Waals surface area contributed by atoms with Crippen LogP contribution < -0.4 is 10.1 Å². The van der Waals surface area contributed by atoms with E-state index in [4.69, 9.17) is 4.74 Å². The summed E-state index contributed by atoms with van der Waals surface area (Å²) in [5, 5.41) is 2.69. The predicted octanol–water partition coefficient (Wildman–Crippen LogP) is 4.81. The summed E-state index contributed by atoms with van der Waals surface area (Å²) in [6.45, 7) is 1.21. The molecule has 0 atom stereocenters. The van der Waals surface area contributed by atoms with Crippen LogP contribution in [-0.2, 0) is 4.79 Å². The number of hydrogen-bond donors (Lipinski definition) is 1. The summed E-state index contributed by atoms with van der Waals surface area (Å²) in [6.07, 6.45) is 0. The molecule has 0 saturated heterocycles. The van der Waals surface area contributed by atoms with Gasteiger partial charge in [-0.1, -0.05) is 24.3 Å². The number of ether oxygens (including phenoxy) is 1. The minimum absolute atomic E-state index is 0.0437. The van der Waals surface area contributed by atoms with Crippen LogP contribution in [0.25, 0.3) is 11.1 Å². The molecule has 0 bridgehead atoms. The Balaban J connectivity index is 2.02. The third-order valence-corrected chi connectivity index (χ3v) is 3.75. The van der Waals surface area contributed by atoms with Crippen molar-refractivity contribution in [2.24, 2.45) is 0 Å². The average Bonchev–Trinajstić information content (AvgIpc) is 2.62. The van der Waals surface area contributed by atoms with Gasteiger partial charge in [-0.15, -0.1) is 0 Å². The van der Waals surface area contributed by atoms with E-state index in [0.29, 0.717) is 11.3 Å². The summed E-state index contributed by atoms with van der Waals surface area (Å²) in [6, 6.07) is 16.2. The topological polar surface area (TPSA) is 55.4 Å². The van der Waals surface area contributed by atoms with Gasteiger partial charge in [0.1, 0.15) is 17.4 Å². The number of hydrogen-bond acceptors (Lipinski definition) is 3. The highest BCUT2D eigenvalue weighted by Crippen LogP contribution is 2.29. The lowest BCUT2D eigenvalue weighted by Gasteiger charge is -2.12. The monoisotopic (exact) mass is 367 g/mol. The Kier molecular flexibility index (Phi) is 5.26. The molecule has 0 unspecified atom stereocenters. The molecule has 3 aromatic rings. The number of anilines is 1. The standard InChI is InChI=1S/C21H15F2NO3/c1-13(25)27-20-10-7-14(17-9-8-15(22)12-19(17)23)11-18(20)21(26)24-16-5-3-2-4-6-16/h2-12H,1H3,(H,24,26). The SMILES string of the molecule is CC(=O)Oc1ccc(-c2ccc(F)cc2F)cc1C(=O)Nc1ccccc1. The van der Waals surface area contributed by atoms with Crippen LogP contribution >= 0.6 is 0 Å². The summed E-state index contributed by atoms with van der Waals surface area (Å²) in [7, 11) is 0. The number of carbonyl (C=O) groups is 2. The smallest absolute Gasteiger partial charge is 0.308 e. The zero-order chi connectivity index (χ0) is 19.4. The number of para-hydroxylation sites is 1. The van der Waals surface area contributed by atoms with Crippen molar-refractivity contribution in [3.05, 3.63) is 83.9 Å². The third-order valence-electron chi connectivity index (χ3n) is 3.75. The Morgan fingerprint density at radius 3 is 2.33 bits per heavy atom. The van der Waals surface area contributed by atoms with E-state index in [1.54, 1.807) is 30.3 Å². The zero-order valence-corrected chi connectivity index (χ0v) is 14.3. The third kappa shape index (κ3) is 4.36. The molecule has 6 heteroatoms. The van der Waals surface area contributed by atoms with E-state index >= 15 is 0 Å². The van der Waals surface area contributed by atoms with Crippen molar-refractivity contribution in [2.75, 3.05) is 5.32 Å². The summed E-state index contributed by atoms with van der Waals surface area (Å²) in [4.78, 5) is 24.0. The Hall–Kier alpha value is -3.54. The van der Waals surface area contributed by atoms with Crippen molar-refractivity contribution >= 4 is 17.6 Å². The first-order chi connectivity index (χ1) is 12.9. The normalized spacial score (nSPS) is 10.3. The first-order valence-corrected chi connectivity index (χ1v) is 8.08. The first-order valence-electron chi connectivity index (χ1n) is 8.08. The maximum absolute atomic E-state index is 14.1. The van der Waals surface area contributed by atoms with Crippen LogP contribution in [-0.4, -0.2) is 11.9 Å². The number of esters is 1. The second kappa shape index (κ2) is 7.78. The Morgan fingerprint density at radius 2 is 1.67 bits per heavy atom. The van der Waals surface area contributed by atoms with Crippen LogP contribution in [0.5, 0.6) is 5.75 Å². The molecule has 1 amide bonds. The molecule has 27 heavy (non-hydrogen) atoms. The van der Waals surface area contributed by atoms with Crippen LogP contribution in [0.1, 0.15) is 17.3 Å². The lowest BCUT2D eigenvalue weighted by Crippen LogP contribution is -2.15. The van der Waals surface area contributed by atoms with Gasteiger partial charge in [0, 0.05) is 24.2 Å². The highest BCUT2D eigenvalue weighted by Gasteiger charge is 2.17. The zero-order valence-electron chi connectivity index (χ0n) is 14.3. The largest absolute Gasteiger partial charge is 0.426 e. The molecule has 0 radical (unpaired) electrons. The molecule has 3 aromatic carbocycles. The maximum atomic E-state index is 14.1. The second-order valence-electron chi connectivity index (χ2n) is 5.75. The Morgan fingerprint density at radius 1 is 0.926 bits per heavy atom. The first kappa shape index (κ1) is 18.3. The summed E-state index contributed by atoms with van der Waals surface area (Å²) >= 11 is 0. The Bertz CT molecular complexity index is 1000. The molecule has 0 aliphatic rings. The van der Waals surface area contributed by atoms with Crippen molar-refractivity contribution in [2.45, 2.75) is 6.92 Å². The molecule has 4 nitrogen and oxygen atoms in total. The number of nitrogens with one attached hydrogen (secondary N) is 1. The van der Waals surface area contributed by atoms with Crippen molar-refractivity contribution in [1.29, 1.82) is 0 Å². The number of carbonyl (C=O) groups excluding carboxylic acids is 2. The molecule has 136 valence electrons. The van der Waals surface area contributed by atoms with Gasteiger partial charge in [-0.05, 0) is 42.0 Å². The van der Waals surface area contributed by atoms with Gasteiger partial charge in [-0.2, -0.15) is 0 Å². The van der Waals surface area contributed by atoms with Crippen molar-refractivity contribution in [3.63, 3.8) is 0 Å². The highest BCUT2D eigenvalue weighted by molar-refractivity contribution is 6.07. The summed E-state index contributed by atoms with van der Waals surface area (Å²) in [5.74, 6) is -2.53. The molecular weight excluding hydrogens is 352 g/mol. The van der Waals surface area contributed by atoms with Crippen molar-refractivity contribution < 1.29 is 23.1 Å². The van der Waals surface area contributed by atoms with Gasteiger partial charge in [0.25, 0.3) is 5.91 Å². The molecule has 0 spiro atoms. The number of benzene rings is 3. The van der Waals surface area contributed by atoms with Crippen LogP contribution in [0.3, 0.4) is 0 Å². The second-order valence-corrected chi connectivity index (χ2v) is 5.75. The van der Waals surface area contributed by atoms with Gasteiger partial charge in [-0.25, -0.2) is 8.78 Å². The van der Waals surface area contributed by atoms with Gasteiger partial charge in [-0.3, -0.25) is 9.59 Å². The van der Waals surface area contributed by atoms with Gasteiger partial charge in [0.05, 0.1) is 5.56 Å².